The molecule has 1 fully saturated rings. The van der Waals surface area contributed by atoms with Crippen molar-refractivity contribution in [2.75, 3.05) is 0 Å². The molecule has 28 heavy (non-hydrogen) atoms. The molecule has 0 spiro atoms. The van der Waals surface area contributed by atoms with Crippen molar-refractivity contribution in [1.29, 1.82) is 0 Å². The third-order valence-corrected chi connectivity index (χ3v) is 10.5. The second kappa shape index (κ2) is 12.4. The molecule has 1 N–H and O–H groups in total. The second-order valence-electron chi connectivity index (χ2n) is 9.02. The van der Waals surface area contributed by atoms with Gasteiger partial charge in [-0.2, -0.15) is 6.07 Å². The molecule has 0 heterocycles. The monoisotopic (exact) mass is 429 g/mol. The van der Waals surface area contributed by atoms with E-state index in [9.17, 15) is 0 Å². The van der Waals surface area contributed by atoms with E-state index in [2.05, 4.69) is 70.8 Å². The van der Waals surface area contributed by atoms with Crippen LogP contribution in [0.2, 0.25) is 12.1 Å². The first-order valence-electron chi connectivity index (χ1n) is 11.3. The van der Waals surface area contributed by atoms with Crippen LogP contribution in [0, 0.1) is 6.92 Å². The van der Waals surface area contributed by atoms with Crippen LogP contribution in [-0.4, -0.2) is 12.2 Å². The predicted molar refractivity (Wildman–Crippen MR) is 123 cm³/mol. The molecule has 2 aliphatic carbocycles. The maximum absolute atomic E-state index is 7.51. The molecular formula is C25H39NSiTi. The van der Waals surface area contributed by atoms with E-state index in [-0.39, 0.29) is 12.2 Å². The standard InChI is InChI=1S/C13H13.C8H16N.C4H10Si.Ti/c1-9-5-12-7-10-3-2-4-11(10)8-13(12)6-9;9-8-6-4-2-1-3-5-7-8;1-4(2)5-3;/h5-8H,2-4H2,1H3;8-9H,1-7H2;4H,1-3H3;/q2*-1;;+2. The number of aryl methyl sites for hydroxylation is 3. The largest absolute Gasteiger partial charge is 0.675 e. The van der Waals surface area contributed by atoms with Crippen molar-refractivity contribution < 1.29 is 19.2 Å². The zero-order valence-corrected chi connectivity index (χ0v) is 21.1. The van der Waals surface area contributed by atoms with Crippen LogP contribution in [0.1, 0.15) is 81.9 Å². The molecule has 0 aromatic heterocycles. The third kappa shape index (κ3) is 8.22. The van der Waals surface area contributed by atoms with E-state index in [1.165, 1.54) is 67.7 Å². The van der Waals surface area contributed by atoms with Gasteiger partial charge in [0.25, 0.3) is 0 Å². The minimum Gasteiger partial charge on any atom is -0.675 e. The van der Waals surface area contributed by atoms with Crippen LogP contribution in [0.15, 0.2) is 24.3 Å². The van der Waals surface area contributed by atoms with Crippen LogP contribution in [0.25, 0.3) is 16.5 Å². The van der Waals surface area contributed by atoms with E-state index >= 15 is 0 Å². The maximum atomic E-state index is 7.51. The SMILES string of the molecule is CC(C)[Si](C)=[Ti+2].Cc1cc2cc3c(cc2[cH-]1)CCC3.[NH-]C1CCCCCCC1. The number of rotatable bonds is 1. The van der Waals surface area contributed by atoms with Crippen molar-refractivity contribution in [1.82, 2.24) is 0 Å². The molecule has 0 atom stereocenters. The fourth-order valence-corrected chi connectivity index (χ4v) is 3.90. The first-order chi connectivity index (χ1) is 13.4. The van der Waals surface area contributed by atoms with E-state index in [0.717, 1.165) is 18.4 Å². The van der Waals surface area contributed by atoms with E-state index in [4.69, 9.17) is 5.73 Å². The molecule has 1 nitrogen and oxygen atoms in total. The third-order valence-electron chi connectivity index (χ3n) is 6.04. The summed E-state index contributed by atoms with van der Waals surface area (Å²) in [5.41, 5.74) is 13.0. The molecule has 3 heteroatoms. The normalized spacial score (nSPS) is 17.1. The molecule has 0 bridgehead atoms. The molecule has 0 aliphatic heterocycles. The average molecular weight is 430 g/mol. The number of nitrogens with one attached hydrogen (secondary N) is 1. The van der Waals surface area contributed by atoms with E-state index in [1.54, 1.807) is 11.1 Å². The summed E-state index contributed by atoms with van der Waals surface area (Å²) >= 11 is 2.34. The number of fused-ring (bicyclic) bond motifs is 2. The first-order valence-corrected chi connectivity index (χ1v) is 15.7. The van der Waals surface area contributed by atoms with Crippen LogP contribution in [0.3, 0.4) is 0 Å². The summed E-state index contributed by atoms with van der Waals surface area (Å²) in [6, 6.07) is 9.60. The second-order valence-corrected chi connectivity index (χ2v) is 15.2. The van der Waals surface area contributed by atoms with Gasteiger partial charge in [-0.15, -0.1) is 40.6 Å². The van der Waals surface area contributed by atoms with Gasteiger partial charge in [-0.05, 0) is 19.3 Å². The molecule has 0 radical (unpaired) electrons. The maximum Gasteiger partial charge on any atom is -0.0289 e. The Labute approximate surface area is 185 Å². The predicted octanol–water partition coefficient (Wildman–Crippen LogP) is 8.07. The van der Waals surface area contributed by atoms with Crippen LogP contribution in [-0.2, 0) is 32.0 Å². The van der Waals surface area contributed by atoms with Crippen molar-refractivity contribution >= 4 is 17.0 Å². The van der Waals surface area contributed by atoms with Crippen LogP contribution in [0.4, 0.5) is 0 Å². The summed E-state index contributed by atoms with van der Waals surface area (Å²) in [6.45, 7) is 9.09. The molecule has 2 aromatic rings. The van der Waals surface area contributed by atoms with Gasteiger partial charge in [-0.25, -0.2) is 0 Å². The van der Waals surface area contributed by atoms with Crippen LogP contribution >= 0.6 is 0 Å². The van der Waals surface area contributed by atoms with Gasteiger partial charge in [0.05, 0.1) is 0 Å². The topological polar surface area (TPSA) is 23.8 Å². The first kappa shape index (κ1) is 24.0. The molecule has 0 unspecified atom stereocenters. The Balaban J connectivity index is 0.000000164. The fourth-order valence-electron chi connectivity index (χ4n) is 3.90. The Bertz CT molecular complexity index is 697. The summed E-state index contributed by atoms with van der Waals surface area (Å²) < 4.78 is 0. The number of hydrogen-bond donors (Lipinski definition) is 0. The van der Waals surface area contributed by atoms with Gasteiger partial charge >= 0.3 is 51.3 Å². The van der Waals surface area contributed by atoms with Gasteiger partial charge in [0, 0.05) is 0 Å². The van der Waals surface area contributed by atoms with Gasteiger partial charge in [0.15, 0.2) is 0 Å². The molecular weight excluding hydrogens is 390 g/mol. The Morgan fingerprint density at radius 2 is 1.50 bits per heavy atom. The quantitative estimate of drug-likeness (QED) is 0.323. The fraction of sp³-hybridized carbons (Fsp3) is 0.640. The van der Waals surface area contributed by atoms with E-state index in [1.807, 2.05) is 0 Å². The van der Waals surface area contributed by atoms with Gasteiger partial charge < -0.3 is 5.73 Å². The van der Waals surface area contributed by atoms with Crippen molar-refractivity contribution in [3.05, 3.63) is 46.7 Å². The Hall–Kier alpha value is -0.279. The molecule has 1 saturated carbocycles. The molecule has 4 rings (SSSR count). The van der Waals surface area contributed by atoms with Gasteiger partial charge in [0.2, 0.25) is 0 Å². The van der Waals surface area contributed by atoms with Crippen LogP contribution < -0.4 is 0 Å². The number of hydrogen-bond acceptors (Lipinski definition) is 0. The minimum absolute atomic E-state index is 0.0484. The van der Waals surface area contributed by atoms with Crippen LogP contribution in [0.5, 0.6) is 0 Å². The van der Waals surface area contributed by atoms with Gasteiger partial charge in [-0.3, -0.25) is 0 Å². The van der Waals surface area contributed by atoms with Crippen molar-refractivity contribution in [3.63, 3.8) is 0 Å². The zero-order valence-electron chi connectivity index (χ0n) is 18.5. The van der Waals surface area contributed by atoms with Crippen molar-refractivity contribution in [3.8, 4) is 0 Å². The summed E-state index contributed by atoms with van der Waals surface area (Å²) in [4.78, 5) is 0. The number of benzene rings is 1. The Morgan fingerprint density at radius 3 is 2.07 bits per heavy atom. The molecule has 2 aliphatic rings. The minimum atomic E-state index is 0.0484. The Kier molecular flexibility index (Phi) is 10.6. The van der Waals surface area contributed by atoms with E-state index in [0.29, 0.717) is 0 Å². The zero-order chi connectivity index (χ0) is 20.5. The van der Waals surface area contributed by atoms with Crippen molar-refractivity contribution in [2.45, 2.75) is 103 Å². The van der Waals surface area contributed by atoms with Crippen molar-refractivity contribution in [2.24, 2.45) is 0 Å². The molecule has 152 valence electrons. The summed E-state index contributed by atoms with van der Waals surface area (Å²) in [7, 11) is 0. The summed E-state index contributed by atoms with van der Waals surface area (Å²) in [6.07, 6.45) is 13.0. The molecule has 0 amide bonds. The Morgan fingerprint density at radius 1 is 0.964 bits per heavy atom. The summed E-state index contributed by atoms with van der Waals surface area (Å²) in [5.74, 6) is 0. The van der Waals surface area contributed by atoms with Gasteiger partial charge in [-0.1, -0.05) is 63.0 Å². The average Bonchev–Trinajstić information content (AvgIpc) is 3.21. The smallest absolute Gasteiger partial charge is 0.0289 e. The molecule has 0 saturated heterocycles. The summed E-state index contributed by atoms with van der Waals surface area (Å²) in [5, 5.41) is 2.86. The molecule has 2 aromatic carbocycles. The van der Waals surface area contributed by atoms with E-state index < -0.39 is 0 Å². The van der Waals surface area contributed by atoms with Gasteiger partial charge in [0.1, 0.15) is 0 Å².